The Morgan fingerprint density at radius 2 is 2.11 bits per heavy atom. The van der Waals surface area contributed by atoms with E-state index in [0.29, 0.717) is 6.42 Å². The first-order chi connectivity index (χ1) is 8.49. The summed E-state index contributed by atoms with van der Waals surface area (Å²) in [7, 11) is 0. The van der Waals surface area contributed by atoms with E-state index in [4.69, 9.17) is 11.5 Å². The molecular formula is C12H16FN3O2. The number of rotatable bonds is 5. The number of halogens is 1. The van der Waals surface area contributed by atoms with Crippen molar-refractivity contribution in [3.05, 3.63) is 29.6 Å². The summed E-state index contributed by atoms with van der Waals surface area (Å²) in [4.78, 5) is 22.7. The number of nitrogens with one attached hydrogen (secondary N) is 1. The third kappa shape index (κ3) is 3.27. The van der Waals surface area contributed by atoms with Gasteiger partial charge in [0.25, 0.3) is 0 Å². The third-order valence-electron chi connectivity index (χ3n) is 2.66. The zero-order valence-corrected chi connectivity index (χ0v) is 10.1. The molecule has 1 aromatic rings. The fourth-order valence-electron chi connectivity index (χ4n) is 1.47. The van der Waals surface area contributed by atoms with Gasteiger partial charge in [0, 0.05) is 12.1 Å². The highest BCUT2D eigenvalue weighted by molar-refractivity contribution is 5.97. The van der Waals surface area contributed by atoms with Gasteiger partial charge in [-0.3, -0.25) is 9.59 Å². The van der Waals surface area contributed by atoms with E-state index in [0.717, 1.165) is 6.07 Å². The van der Waals surface area contributed by atoms with Crippen LogP contribution in [0.5, 0.6) is 0 Å². The molecule has 1 unspecified atom stereocenters. The molecule has 0 spiro atoms. The summed E-state index contributed by atoms with van der Waals surface area (Å²) in [6.07, 6.45) is 0.555. The number of anilines is 1. The molecule has 0 saturated heterocycles. The van der Waals surface area contributed by atoms with Crippen molar-refractivity contribution < 1.29 is 14.0 Å². The molecule has 98 valence electrons. The summed E-state index contributed by atoms with van der Waals surface area (Å²) in [6, 6.07) is 3.55. The normalized spacial score (nSPS) is 11.9. The predicted molar refractivity (Wildman–Crippen MR) is 66.4 cm³/mol. The lowest BCUT2D eigenvalue weighted by Gasteiger charge is -2.13. The second-order valence-corrected chi connectivity index (χ2v) is 3.89. The molecule has 1 aromatic carbocycles. The van der Waals surface area contributed by atoms with Gasteiger partial charge in [-0.25, -0.2) is 4.39 Å². The lowest BCUT2D eigenvalue weighted by molar-refractivity contribution is -0.119. The van der Waals surface area contributed by atoms with Gasteiger partial charge in [-0.2, -0.15) is 0 Å². The molecule has 1 rings (SSSR count). The largest absolute Gasteiger partial charge is 0.366 e. The maximum atomic E-state index is 13.5. The number of carbonyl (C=O) groups is 2. The van der Waals surface area contributed by atoms with Gasteiger partial charge in [0.05, 0.1) is 11.6 Å². The van der Waals surface area contributed by atoms with E-state index in [-0.39, 0.29) is 29.6 Å². The summed E-state index contributed by atoms with van der Waals surface area (Å²) in [6.45, 7) is 1.99. The molecule has 0 aliphatic heterocycles. The highest BCUT2D eigenvalue weighted by Gasteiger charge is 2.16. The molecule has 0 aromatic heterocycles. The number of benzene rings is 1. The van der Waals surface area contributed by atoms with Crippen molar-refractivity contribution in [2.45, 2.75) is 13.3 Å². The van der Waals surface area contributed by atoms with E-state index in [1.54, 1.807) is 0 Å². The molecule has 0 radical (unpaired) electrons. The van der Waals surface area contributed by atoms with Crippen LogP contribution in [0.25, 0.3) is 0 Å². The van der Waals surface area contributed by atoms with E-state index in [1.165, 1.54) is 12.1 Å². The molecule has 0 aliphatic carbocycles. The minimum absolute atomic E-state index is 0.0665. The second kappa shape index (κ2) is 6.11. The Hall–Kier alpha value is -1.95. The second-order valence-electron chi connectivity index (χ2n) is 3.89. The molecule has 1 atom stereocenters. The molecule has 18 heavy (non-hydrogen) atoms. The summed E-state index contributed by atoms with van der Waals surface area (Å²) in [5.74, 6) is -2.07. The quantitative estimate of drug-likeness (QED) is 0.725. The van der Waals surface area contributed by atoms with E-state index >= 15 is 0 Å². The highest BCUT2D eigenvalue weighted by Crippen LogP contribution is 2.17. The molecule has 0 fully saturated rings. The van der Waals surface area contributed by atoms with Gasteiger partial charge < -0.3 is 16.8 Å². The Bertz CT molecular complexity index is 459. The van der Waals surface area contributed by atoms with Crippen LogP contribution in [-0.2, 0) is 4.79 Å². The van der Waals surface area contributed by atoms with Crippen LogP contribution in [0.2, 0.25) is 0 Å². The van der Waals surface area contributed by atoms with Crippen LogP contribution in [0.15, 0.2) is 18.2 Å². The van der Waals surface area contributed by atoms with Crippen molar-refractivity contribution in [2.75, 3.05) is 11.9 Å². The molecule has 0 heterocycles. The monoisotopic (exact) mass is 253 g/mol. The van der Waals surface area contributed by atoms with Crippen molar-refractivity contribution in [3.8, 4) is 0 Å². The summed E-state index contributed by atoms with van der Waals surface area (Å²) < 4.78 is 13.5. The van der Waals surface area contributed by atoms with E-state index in [2.05, 4.69) is 5.32 Å². The Morgan fingerprint density at radius 1 is 1.44 bits per heavy atom. The van der Waals surface area contributed by atoms with E-state index < -0.39 is 11.7 Å². The van der Waals surface area contributed by atoms with Crippen molar-refractivity contribution in [2.24, 2.45) is 17.4 Å². The molecule has 0 saturated carbocycles. The van der Waals surface area contributed by atoms with Crippen molar-refractivity contribution >= 4 is 17.5 Å². The van der Waals surface area contributed by atoms with E-state index in [1.807, 2.05) is 6.92 Å². The van der Waals surface area contributed by atoms with Crippen LogP contribution in [-0.4, -0.2) is 18.4 Å². The average molecular weight is 253 g/mol. The first kappa shape index (κ1) is 14.1. The van der Waals surface area contributed by atoms with Crippen molar-refractivity contribution in [1.29, 1.82) is 0 Å². The fraction of sp³-hybridized carbons (Fsp3) is 0.333. The highest BCUT2D eigenvalue weighted by atomic mass is 19.1. The topological polar surface area (TPSA) is 98.2 Å². The Kier molecular flexibility index (Phi) is 4.79. The predicted octanol–water partition coefficient (Wildman–Crippen LogP) is 0.848. The van der Waals surface area contributed by atoms with Gasteiger partial charge in [-0.05, 0) is 24.6 Å². The smallest absolute Gasteiger partial charge is 0.248 e. The van der Waals surface area contributed by atoms with Crippen molar-refractivity contribution in [3.63, 3.8) is 0 Å². The number of hydrogen-bond acceptors (Lipinski definition) is 3. The van der Waals surface area contributed by atoms with Gasteiger partial charge in [0.1, 0.15) is 5.82 Å². The van der Waals surface area contributed by atoms with E-state index in [9.17, 15) is 14.0 Å². The molecule has 0 aliphatic rings. The molecule has 2 amide bonds. The van der Waals surface area contributed by atoms with Gasteiger partial charge in [0.15, 0.2) is 0 Å². The zero-order valence-electron chi connectivity index (χ0n) is 10.1. The van der Waals surface area contributed by atoms with Gasteiger partial charge in [-0.15, -0.1) is 0 Å². The van der Waals surface area contributed by atoms with Crippen LogP contribution in [0.3, 0.4) is 0 Å². The maximum absolute atomic E-state index is 13.5. The molecule has 5 N–H and O–H groups in total. The van der Waals surface area contributed by atoms with Crippen LogP contribution in [0, 0.1) is 11.7 Å². The summed E-state index contributed by atoms with van der Waals surface area (Å²) in [5.41, 5.74) is 10.6. The number of hydrogen-bond donors (Lipinski definition) is 3. The molecule has 6 heteroatoms. The average Bonchev–Trinajstić information content (AvgIpc) is 2.33. The molecule has 0 bridgehead atoms. The summed E-state index contributed by atoms with van der Waals surface area (Å²) >= 11 is 0. The Labute approximate surface area is 104 Å². The first-order valence-electron chi connectivity index (χ1n) is 5.59. The van der Waals surface area contributed by atoms with Gasteiger partial charge in [-0.1, -0.05) is 6.92 Å². The fourth-order valence-corrected chi connectivity index (χ4v) is 1.47. The number of nitrogens with two attached hydrogens (primary N) is 2. The minimum atomic E-state index is -0.684. The van der Waals surface area contributed by atoms with Gasteiger partial charge in [0.2, 0.25) is 11.8 Å². The number of amides is 2. The van der Waals surface area contributed by atoms with Crippen LogP contribution in [0.1, 0.15) is 23.7 Å². The van der Waals surface area contributed by atoms with Crippen LogP contribution < -0.4 is 16.8 Å². The molecular weight excluding hydrogens is 237 g/mol. The van der Waals surface area contributed by atoms with Gasteiger partial charge >= 0.3 is 0 Å². The minimum Gasteiger partial charge on any atom is -0.366 e. The molecule has 5 nitrogen and oxygen atoms in total. The number of primary amides is 1. The maximum Gasteiger partial charge on any atom is 0.248 e. The summed E-state index contributed by atoms with van der Waals surface area (Å²) in [5, 5.41) is 2.41. The van der Waals surface area contributed by atoms with Crippen LogP contribution >= 0.6 is 0 Å². The first-order valence-corrected chi connectivity index (χ1v) is 5.59. The lowest BCUT2D eigenvalue weighted by atomic mass is 10.1. The lowest BCUT2D eigenvalue weighted by Crippen LogP contribution is -2.29. The zero-order chi connectivity index (χ0) is 13.7. The van der Waals surface area contributed by atoms with Crippen LogP contribution in [0.4, 0.5) is 10.1 Å². The SMILES string of the molecule is CCC(CN)C(=O)Nc1cc(C(N)=O)ccc1F. The Balaban J connectivity index is 2.93. The number of carbonyl (C=O) groups excluding carboxylic acids is 2. The standard InChI is InChI=1S/C12H16FN3O2/c1-2-7(6-14)12(18)16-10-5-8(11(15)17)3-4-9(10)13/h3-5,7H,2,6,14H2,1H3,(H2,15,17)(H,16,18). The Morgan fingerprint density at radius 3 is 2.61 bits per heavy atom. The third-order valence-corrected chi connectivity index (χ3v) is 2.66. The van der Waals surface area contributed by atoms with Crippen molar-refractivity contribution in [1.82, 2.24) is 0 Å².